The van der Waals surface area contributed by atoms with Crippen LogP contribution >= 0.6 is 0 Å². The van der Waals surface area contributed by atoms with Gasteiger partial charge in [0.15, 0.2) is 0 Å². The van der Waals surface area contributed by atoms with Gasteiger partial charge in [-0.25, -0.2) is 0 Å². The first kappa shape index (κ1) is 15.9. The maximum atomic E-state index is 11.5. The summed E-state index contributed by atoms with van der Waals surface area (Å²) < 4.78 is 0. The summed E-state index contributed by atoms with van der Waals surface area (Å²) in [4.78, 5) is 22.6. The Kier molecular flexibility index (Phi) is 8.46. The lowest BCUT2D eigenvalue weighted by Crippen LogP contribution is -2.36. The van der Waals surface area contributed by atoms with Gasteiger partial charge in [0.05, 0.1) is 6.54 Å². The zero-order valence-electron chi connectivity index (χ0n) is 11.5. The van der Waals surface area contributed by atoms with Crippen LogP contribution in [-0.4, -0.2) is 24.9 Å². The number of amides is 2. The maximum Gasteiger partial charge on any atom is 0.239 e. The van der Waals surface area contributed by atoms with Crippen LogP contribution in [0.5, 0.6) is 0 Å². The Balaban J connectivity index is 3.62. The number of carbonyl (C=O) groups excluding carboxylic acids is 2. The van der Waals surface area contributed by atoms with Crippen molar-refractivity contribution in [2.45, 2.75) is 47.0 Å². The minimum absolute atomic E-state index is 0.0353. The van der Waals surface area contributed by atoms with Crippen molar-refractivity contribution in [2.75, 3.05) is 13.1 Å². The molecule has 0 fully saturated rings. The largest absolute Gasteiger partial charge is 0.355 e. The highest BCUT2D eigenvalue weighted by Gasteiger charge is 2.09. The van der Waals surface area contributed by atoms with E-state index in [1.165, 1.54) is 0 Å². The van der Waals surface area contributed by atoms with Crippen LogP contribution in [0, 0.1) is 11.8 Å². The average Bonchev–Trinajstić information content (AvgIpc) is 2.23. The van der Waals surface area contributed by atoms with Crippen molar-refractivity contribution in [1.29, 1.82) is 0 Å². The first-order chi connectivity index (χ1) is 7.95. The molecule has 1 atom stereocenters. The topological polar surface area (TPSA) is 58.2 Å². The Labute approximate surface area is 105 Å². The van der Waals surface area contributed by atoms with E-state index in [-0.39, 0.29) is 18.4 Å². The van der Waals surface area contributed by atoms with Gasteiger partial charge >= 0.3 is 0 Å². The second-order valence-electron chi connectivity index (χ2n) is 5.00. The number of nitrogens with one attached hydrogen (secondary N) is 2. The summed E-state index contributed by atoms with van der Waals surface area (Å²) in [6.07, 6.45) is 2.54. The molecular formula is C13H26N2O2. The minimum atomic E-state index is -0.129. The average molecular weight is 242 g/mol. The summed E-state index contributed by atoms with van der Waals surface area (Å²) in [5, 5.41) is 5.26. The number of rotatable bonds is 8. The fourth-order valence-electron chi connectivity index (χ4n) is 1.83. The lowest BCUT2D eigenvalue weighted by atomic mass is 9.95. The van der Waals surface area contributed by atoms with Crippen LogP contribution in [0.4, 0.5) is 0 Å². The molecule has 0 aromatic rings. The fraction of sp³-hybridized carbons (Fsp3) is 0.846. The Bertz CT molecular complexity index is 240. The maximum absolute atomic E-state index is 11.5. The molecule has 4 heteroatoms. The van der Waals surface area contributed by atoms with Gasteiger partial charge in [0, 0.05) is 13.0 Å². The molecule has 0 radical (unpaired) electrons. The monoisotopic (exact) mass is 242 g/mol. The van der Waals surface area contributed by atoms with Crippen molar-refractivity contribution < 1.29 is 9.59 Å². The molecule has 2 amide bonds. The Morgan fingerprint density at radius 1 is 1.06 bits per heavy atom. The molecular weight excluding hydrogens is 216 g/mol. The Morgan fingerprint density at radius 3 is 2.24 bits per heavy atom. The molecule has 0 heterocycles. The predicted octanol–water partition coefficient (Wildman–Crippen LogP) is 1.70. The molecule has 100 valence electrons. The summed E-state index contributed by atoms with van der Waals surface area (Å²) in [5.74, 6) is 1.07. The molecule has 0 aromatic heterocycles. The van der Waals surface area contributed by atoms with E-state index in [4.69, 9.17) is 0 Å². The van der Waals surface area contributed by atoms with Crippen molar-refractivity contribution in [3.05, 3.63) is 0 Å². The molecule has 0 saturated heterocycles. The standard InChI is InChI=1S/C13H26N2O2/c1-5-14-13(17)9-15-12(16)7-6-11(4)8-10(2)3/h10-11H,5-9H2,1-4H3,(H,14,17)(H,15,16). The smallest absolute Gasteiger partial charge is 0.239 e. The van der Waals surface area contributed by atoms with Crippen molar-refractivity contribution >= 4 is 11.8 Å². The van der Waals surface area contributed by atoms with Crippen LogP contribution in [-0.2, 0) is 9.59 Å². The first-order valence-electron chi connectivity index (χ1n) is 6.49. The van der Waals surface area contributed by atoms with Crippen LogP contribution in [0.3, 0.4) is 0 Å². The molecule has 4 nitrogen and oxygen atoms in total. The van der Waals surface area contributed by atoms with Crippen molar-refractivity contribution in [1.82, 2.24) is 10.6 Å². The Hall–Kier alpha value is -1.06. The van der Waals surface area contributed by atoms with Crippen molar-refractivity contribution in [3.63, 3.8) is 0 Å². The van der Waals surface area contributed by atoms with E-state index in [0.717, 1.165) is 12.8 Å². The normalized spacial score (nSPS) is 12.3. The third-order valence-electron chi connectivity index (χ3n) is 2.56. The van der Waals surface area contributed by atoms with Gasteiger partial charge in [0.2, 0.25) is 11.8 Å². The third-order valence-corrected chi connectivity index (χ3v) is 2.56. The van der Waals surface area contributed by atoms with Crippen LogP contribution < -0.4 is 10.6 Å². The molecule has 2 N–H and O–H groups in total. The predicted molar refractivity (Wildman–Crippen MR) is 69.5 cm³/mol. The summed E-state index contributed by atoms with van der Waals surface area (Å²) in [7, 11) is 0. The first-order valence-corrected chi connectivity index (χ1v) is 6.49. The highest BCUT2D eigenvalue weighted by molar-refractivity contribution is 5.84. The quantitative estimate of drug-likeness (QED) is 0.680. The number of carbonyl (C=O) groups is 2. The number of hydrogen-bond donors (Lipinski definition) is 2. The van der Waals surface area contributed by atoms with Gasteiger partial charge in [-0.05, 0) is 31.6 Å². The minimum Gasteiger partial charge on any atom is -0.355 e. The lowest BCUT2D eigenvalue weighted by molar-refractivity contribution is -0.126. The molecule has 0 saturated carbocycles. The molecule has 0 aliphatic carbocycles. The molecule has 0 spiro atoms. The van der Waals surface area contributed by atoms with Gasteiger partial charge in [0.25, 0.3) is 0 Å². The van der Waals surface area contributed by atoms with Gasteiger partial charge in [-0.3, -0.25) is 9.59 Å². The summed E-state index contributed by atoms with van der Waals surface area (Å²) in [5.41, 5.74) is 0. The molecule has 0 aliphatic heterocycles. The molecule has 0 aliphatic rings. The zero-order valence-corrected chi connectivity index (χ0v) is 11.5. The summed E-state index contributed by atoms with van der Waals surface area (Å²) >= 11 is 0. The van der Waals surface area contributed by atoms with Crippen LogP contribution in [0.25, 0.3) is 0 Å². The van der Waals surface area contributed by atoms with Crippen LogP contribution in [0.1, 0.15) is 47.0 Å². The van der Waals surface area contributed by atoms with Crippen molar-refractivity contribution in [2.24, 2.45) is 11.8 Å². The lowest BCUT2D eigenvalue weighted by Gasteiger charge is -2.13. The van der Waals surface area contributed by atoms with E-state index in [0.29, 0.717) is 24.8 Å². The van der Waals surface area contributed by atoms with Crippen molar-refractivity contribution in [3.8, 4) is 0 Å². The Morgan fingerprint density at radius 2 is 1.71 bits per heavy atom. The van der Waals surface area contributed by atoms with Crippen LogP contribution in [0.15, 0.2) is 0 Å². The number of likely N-dealkylation sites (N-methyl/N-ethyl adjacent to an activating group) is 1. The van der Waals surface area contributed by atoms with E-state index in [9.17, 15) is 9.59 Å². The molecule has 0 rings (SSSR count). The molecule has 1 unspecified atom stereocenters. The molecule has 0 aromatic carbocycles. The van der Waals surface area contributed by atoms with E-state index in [1.54, 1.807) is 0 Å². The highest BCUT2D eigenvalue weighted by Crippen LogP contribution is 2.15. The second-order valence-corrected chi connectivity index (χ2v) is 5.00. The second kappa shape index (κ2) is 9.02. The van der Waals surface area contributed by atoms with E-state index < -0.39 is 0 Å². The van der Waals surface area contributed by atoms with Gasteiger partial charge < -0.3 is 10.6 Å². The number of hydrogen-bond acceptors (Lipinski definition) is 2. The molecule has 17 heavy (non-hydrogen) atoms. The van der Waals surface area contributed by atoms with Gasteiger partial charge in [-0.2, -0.15) is 0 Å². The third kappa shape index (κ3) is 9.85. The van der Waals surface area contributed by atoms with Gasteiger partial charge in [0.1, 0.15) is 0 Å². The van der Waals surface area contributed by atoms with E-state index in [2.05, 4.69) is 31.4 Å². The summed E-state index contributed by atoms with van der Waals surface area (Å²) in [6, 6.07) is 0. The van der Waals surface area contributed by atoms with Crippen LogP contribution in [0.2, 0.25) is 0 Å². The summed E-state index contributed by atoms with van der Waals surface area (Å²) in [6.45, 7) is 9.08. The molecule has 0 bridgehead atoms. The van der Waals surface area contributed by atoms with Gasteiger partial charge in [-0.15, -0.1) is 0 Å². The van der Waals surface area contributed by atoms with Gasteiger partial charge in [-0.1, -0.05) is 20.8 Å². The van der Waals surface area contributed by atoms with E-state index >= 15 is 0 Å². The highest BCUT2D eigenvalue weighted by atomic mass is 16.2. The zero-order chi connectivity index (χ0) is 13.3. The SMILES string of the molecule is CCNC(=O)CNC(=O)CCC(C)CC(C)C. The van der Waals surface area contributed by atoms with E-state index in [1.807, 2.05) is 6.92 Å². The fourth-order valence-corrected chi connectivity index (χ4v) is 1.83.